The van der Waals surface area contributed by atoms with E-state index in [1.54, 1.807) is 16.8 Å². The zero-order valence-electron chi connectivity index (χ0n) is 14.9. The third-order valence-corrected chi connectivity index (χ3v) is 4.38. The summed E-state index contributed by atoms with van der Waals surface area (Å²) < 4.78 is 2.68. The van der Waals surface area contributed by atoms with E-state index in [4.69, 9.17) is 0 Å². The number of nitrogens with zero attached hydrogens (tertiary/aromatic N) is 4. The molecule has 4 aromatic rings. The first kappa shape index (κ1) is 16.7. The highest BCUT2D eigenvalue weighted by Crippen LogP contribution is 2.14. The van der Waals surface area contributed by atoms with Crippen molar-refractivity contribution in [3.05, 3.63) is 88.1 Å². The van der Waals surface area contributed by atoms with Crippen molar-refractivity contribution in [3.8, 4) is 5.69 Å². The molecule has 2 aromatic heterocycles. The summed E-state index contributed by atoms with van der Waals surface area (Å²) in [4.78, 5) is 29.5. The number of aromatic nitrogens is 4. The quantitative estimate of drug-likeness (QED) is 0.610. The molecule has 1 N–H and O–H groups in total. The van der Waals surface area contributed by atoms with E-state index in [2.05, 4.69) is 15.5 Å². The van der Waals surface area contributed by atoms with Gasteiger partial charge in [-0.3, -0.25) is 15.0 Å². The highest BCUT2D eigenvalue weighted by molar-refractivity contribution is 6.01. The molecule has 0 fully saturated rings. The van der Waals surface area contributed by atoms with Crippen LogP contribution in [0, 0.1) is 13.8 Å². The Labute approximate surface area is 154 Å². The molecule has 0 saturated carbocycles. The molecule has 0 atom stereocenters. The Morgan fingerprint density at radius 2 is 1.78 bits per heavy atom. The second-order valence-electron chi connectivity index (χ2n) is 6.30. The zero-order valence-corrected chi connectivity index (χ0v) is 14.9. The first-order valence-electron chi connectivity index (χ1n) is 8.44. The second-order valence-corrected chi connectivity index (χ2v) is 6.30. The number of aryl methyl sites for hydroxylation is 2. The average Bonchev–Trinajstić information content (AvgIpc) is 3.10. The fourth-order valence-electron chi connectivity index (χ4n) is 2.86. The standard InChI is InChI=1S/C20H17N5O2/c1-13-7-9-15(10-8-13)25-18-17(11-22-25)20(27)24(12-21-18)23-19(26)16-6-4-3-5-14(16)2/h3-12H,1-2H3,(H,23,26). The largest absolute Gasteiger partial charge is 0.283 e. The van der Waals surface area contributed by atoms with Gasteiger partial charge in [-0.05, 0) is 37.6 Å². The SMILES string of the molecule is Cc1ccc(-n2ncc3c(=O)n(NC(=O)c4ccccc4C)cnc32)cc1. The number of carbonyl (C=O) groups excluding carboxylic acids is 1. The van der Waals surface area contributed by atoms with Crippen molar-refractivity contribution in [2.75, 3.05) is 5.43 Å². The number of carbonyl (C=O) groups is 1. The van der Waals surface area contributed by atoms with Crippen LogP contribution in [0.3, 0.4) is 0 Å². The number of amides is 1. The predicted octanol–water partition coefficient (Wildman–Crippen LogP) is 2.58. The Kier molecular flexibility index (Phi) is 4.04. The smallest absolute Gasteiger partial charge is 0.267 e. The third kappa shape index (κ3) is 2.99. The van der Waals surface area contributed by atoms with Crippen LogP contribution in [-0.2, 0) is 0 Å². The van der Waals surface area contributed by atoms with E-state index in [-0.39, 0.29) is 11.5 Å². The fourth-order valence-corrected chi connectivity index (χ4v) is 2.86. The van der Waals surface area contributed by atoms with E-state index < -0.39 is 0 Å². The van der Waals surface area contributed by atoms with Crippen molar-refractivity contribution in [1.82, 2.24) is 19.4 Å². The van der Waals surface area contributed by atoms with E-state index in [0.29, 0.717) is 16.6 Å². The first-order chi connectivity index (χ1) is 13.0. The lowest BCUT2D eigenvalue weighted by Gasteiger charge is -2.09. The summed E-state index contributed by atoms with van der Waals surface area (Å²) in [5.41, 5.74) is 5.89. The highest BCUT2D eigenvalue weighted by Gasteiger charge is 2.14. The van der Waals surface area contributed by atoms with Gasteiger partial charge < -0.3 is 0 Å². The number of fused-ring (bicyclic) bond motifs is 1. The van der Waals surface area contributed by atoms with Crippen molar-refractivity contribution in [2.45, 2.75) is 13.8 Å². The molecule has 0 aliphatic rings. The van der Waals surface area contributed by atoms with E-state index in [9.17, 15) is 9.59 Å². The fraction of sp³-hybridized carbons (Fsp3) is 0.100. The molecule has 0 aliphatic heterocycles. The second kappa shape index (κ2) is 6.53. The van der Waals surface area contributed by atoms with Gasteiger partial charge in [0.05, 0.1) is 11.9 Å². The van der Waals surface area contributed by atoms with Crippen LogP contribution in [0.2, 0.25) is 0 Å². The zero-order chi connectivity index (χ0) is 19.0. The van der Waals surface area contributed by atoms with E-state index in [0.717, 1.165) is 21.5 Å². The van der Waals surface area contributed by atoms with Crippen LogP contribution in [-0.4, -0.2) is 25.3 Å². The Morgan fingerprint density at radius 3 is 2.52 bits per heavy atom. The lowest BCUT2D eigenvalue weighted by molar-refractivity contribution is 0.101. The molecule has 1 amide bonds. The normalized spacial score (nSPS) is 10.9. The molecular weight excluding hydrogens is 342 g/mol. The van der Waals surface area contributed by atoms with Gasteiger partial charge in [-0.2, -0.15) is 5.10 Å². The summed E-state index contributed by atoms with van der Waals surface area (Å²) in [5.74, 6) is -0.373. The summed E-state index contributed by atoms with van der Waals surface area (Å²) >= 11 is 0. The molecule has 7 heteroatoms. The van der Waals surface area contributed by atoms with E-state index in [1.807, 2.05) is 50.2 Å². The lowest BCUT2D eigenvalue weighted by atomic mass is 10.1. The van der Waals surface area contributed by atoms with Crippen LogP contribution in [0.4, 0.5) is 0 Å². The van der Waals surface area contributed by atoms with Crippen LogP contribution in [0.5, 0.6) is 0 Å². The van der Waals surface area contributed by atoms with Gasteiger partial charge in [0.15, 0.2) is 5.65 Å². The molecule has 27 heavy (non-hydrogen) atoms. The molecule has 0 aliphatic carbocycles. The molecule has 0 unspecified atom stereocenters. The number of hydrogen-bond donors (Lipinski definition) is 1. The summed E-state index contributed by atoms with van der Waals surface area (Å²) in [7, 11) is 0. The monoisotopic (exact) mass is 359 g/mol. The maximum atomic E-state index is 12.7. The number of rotatable bonds is 3. The minimum absolute atomic E-state index is 0.322. The molecular formula is C20H17N5O2. The third-order valence-electron chi connectivity index (χ3n) is 4.38. The summed E-state index contributed by atoms with van der Waals surface area (Å²) in [6.07, 6.45) is 2.76. The van der Waals surface area contributed by atoms with Gasteiger partial charge in [-0.25, -0.2) is 14.3 Å². The van der Waals surface area contributed by atoms with Crippen molar-refractivity contribution in [1.29, 1.82) is 0 Å². The minimum Gasteiger partial charge on any atom is -0.267 e. The number of nitrogens with one attached hydrogen (secondary N) is 1. The summed E-state index contributed by atoms with van der Waals surface area (Å²) in [5, 5.41) is 4.60. The topological polar surface area (TPSA) is 81.8 Å². The van der Waals surface area contributed by atoms with Gasteiger partial charge in [0.2, 0.25) is 0 Å². The molecule has 134 valence electrons. The van der Waals surface area contributed by atoms with Crippen LogP contribution >= 0.6 is 0 Å². The van der Waals surface area contributed by atoms with Gasteiger partial charge in [0, 0.05) is 5.56 Å². The van der Waals surface area contributed by atoms with Crippen LogP contribution in [0.1, 0.15) is 21.5 Å². The van der Waals surface area contributed by atoms with Crippen LogP contribution in [0.25, 0.3) is 16.7 Å². The van der Waals surface area contributed by atoms with Gasteiger partial charge in [-0.1, -0.05) is 35.9 Å². The van der Waals surface area contributed by atoms with E-state index >= 15 is 0 Å². The van der Waals surface area contributed by atoms with Crippen LogP contribution in [0.15, 0.2) is 65.8 Å². The van der Waals surface area contributed by atoms with Gasteiger partial charge in [0.25, 0.3) is 11.5 Å². The van der Waals surface area contributed by atoms with Gasteiger partial charge >= 0.3 is 0 Å². The highest BCUT2D eigenvalue weighted by atomic mass is 16.2. The molecule has 7 nitrogen and oxygen atoms in total. The Hall–Kier alpha value is -3.74. The average molecular weight is 359 g/mol. The van der Waals surface area contributed by atoms with Crippen molar-refractivity contribution in [2.24, 2.45) is 0 Å². The Bertz CT molecular complexity index is 1210. The molecule has 4 rings (SSSR count). The van der Waals surface area contributed by atoms with Crippen molar-refractivity contribution >= 4 is 16.9 Å². The van der Waals surface area contributed by atoms with Gasteiger partial charge in [-0.15, -0.1) is 0 Å². The maximum Gasteiger partial charge on any atom is 0.283 e. The maximum absolute atomic E-state index is 12.7. The Morgan fingerprint density at radius 1 is 1.04 bits per heavy atom. The minimum atomic E-state index is -0.389. The number of benzene rings is 2. The molecule has 0 spiro atoms. The van der Waals surface area contributed by atoms with Crippen molar-refractivity contribution in [3.63, 3.8) is 0 Å². The molecule has 0 saturated heterocycles. The summed E-state index contributed by atoms with van der Waals surface area (Å²) in [6.45, 7) is 3.84. The molecule has 0 radical (unpaired) electrons. The molecule has 2 aromatic carbocycles. The lowest BCUT2D eigenvalue weighted by Crippen LogP contribution is -2.33. The summed E-state index contributed by atoms with van der Waals surface area (Å²) in [6, 6.07) is 14.9. The van der Waals surface area contributed by atoms with Crippen LogP contribution < -0.4 is 11.0 Å². The first-order valence-corrected chi connectivity index (χ1v) is 8.44. The predicted molar refractivity (Wildman–Crippen MR) is 103 cm³/mol. The number of hydrogen-bond acceptors (Lipinski definition) is 4. The molecule has 2 heterocycles. The molecule has 0 bridgehead atoms. The van der Waals surface area contributed by atoms with Crippen molar-refractivity contribution < 1.29 is 4.79 Å². The van der Waals surface area contributed by atoms with E-state index in [1.165, 1.54) is 12.5 Å². The van der Waals surface area contributed by atoms with Gasteiger partial charge in [0.1, 0.15) is 11.7 Å². The Balaban J connectivity index is 1.71.